The number of rotatable bonds is 9. The van der Waals surface area contributed by atoms with E-state index >= 15 is 0 Å². The van der Waals surface area contributed by atoms with Gasteiger partial charge in [-0.05, 0) is 48.4 Å². The van der Waals surface area contributed by atoms with Crippen molar-refractivity contribution in [2.45, 2.75) is 24.9 Å². The molecule has 9 heteroatoms. The number of hydrogen-bond donors (Lipinski definition) is 1. The van der Waals surface area contributed by atoms with Gasteiger partial charge in [0.1, 0.15) is 0 Å². The van der Waals surface area contributed by atoms with Crippen LogP contribution in [0.15, 0.2) is 76.4 Å². The molecule has 0 bridgehead atoms. The zero-order chi connectivity index (χ0) is 23.4. The summed E-state index contributed by atoms with van der Waals surface area (Å²) in [5, 5.41) is 0. The summed E-state index contributed by atoms with van der Waals surface area (Å²) >= 11 is 1.04. The summed E-state index contributed by atoms with van der Waals surface area (Å²) in [7, 11) is -2.23. The number of nitrogens with zero attached hydrogens (tertiary/aromatic N) is 1. The molecule has 1 N–H and O–H groups in total. The maximum absolute atomic E-state index is 12.9. The van der Waals surface area contributed by atoms with Crippen LogP contribution in [0.3, 0.4) is 0 Å². The fraction of sp³-hybridized carbons (Fsp3) is 0.208. The van der Waals surface area contributed by atoms with Crippen molar-refractivity contribution in [3.05, 3.63) is 87.5 Å². The average Bonchev–Trinajstić information content (AvgIpc) is 3.13. The smallest absolute Gasteiger partial charge is 0.308 e. The van der Waals surface area contributed by atoms with Crippen LogP contribution in [0.1, 0.15) is 18.1 Å². The molecule has 0 spiro atoms. The van der Waals surface area contributed by atoms with E-state index in [0.717, 1.165) is 22.5 Å². The number of sulfonamides is 1. The molecule has 0 unspecified atom stereocenters. The first-order valence-corrected chi connectivity index (χ1v) is 12.7. The Labute approximate surface area is 196 Å². The van der Waals surface area contributed by atoms with E-state index in [2.05, 4.69) is 4.72 Å². The molecule has 0 aliphatic carbocycles. The van der Waals surface area contributed by atoms with Crippen LogP contribution in [0.4, 0.5) is 0 Å². The van der Waals surface area contributed by atoms with Gasteiger partial charge in [0.15, 0.2) is 11.5 Å². The van der Waals surface area contributed by atoms with Gasteiger partial charge in [-0.15, -0.1) is 0 Å². The topological polar surface area (TPSA) is 86.6 Å². The minimum absolute atomic E-state index is 0.0929. The Balaban J connectivity index is 1.56. The van der Waals surface area contributed by atoms with Crippen LogP contribution >= 0.6 is 11.3 Å². The van der Waals surface area contributed by atoms with Crippen LogP contribution in [0, 0.1) is 0 Å². The van der Waals surface area contributed by atoms with Crippen LogP contribution in [-0.4, -0.2) is 26.7 Å². The Morgan fingerprint density at radius 3 is 2.48 bits per heavy atom. The second-order valence-corrected chi connectivity index (χ2v) is 10.1. The van der Waals surface area contributed by atoms with E-state index in [1.54, 1.807) is 42.0 Å². The van der Waals surface area contributed by atoms with E-state index in [1.165, 1.54) is 6.07 Å². The van der Waals surface area contributed by atoms with Crippen molar-refractivity contribution in [3.63, 3.8) is 0 Å². The second kappa shape index (κ2) is 9.78. The van der Waals surface area contributed by atoms with E-state index in [4.69, 9.17) is 9.47 Å². The molecule has 7 nitrogen and oxygen atoms in total. The zero-order valence-corrected chi connectivity index (χ0v) is 19.9. The summed E-state index contributed by atoms with van der Waals surface area (Å²) in [5.74, 6) is 1.14. The van der Waals surface area contributed by atoms with Crippen molar-refractivity contribution in [3.8, 4) is 11.5 Å². The highest BCUT2D eigenvalue weighted by atomic mass is 32.2. The van der Waals surface area contributed by atoms with Gasteiger partial charge in [0.2, 0.25) is 10.0 Å². The molecule has 0 aliphatic rings. The predicted octanol–water partition coefficient (Wildman–Crippen LogP) is 4.00. The number of aromatic nitrogens is 1. The van der Waals surface area contributed by atoms with Gasteiger partial charge in [-0.3, -0.25) is 9.36 Å². The molecule has 0 aliphatic heterocycles. The summed E-state index contributed by atoms with van der Waals surface area (Å²) in [6.45, 7) is 2.87. The van der Waals surface area contributed by atoms with Crippen LogP contribution in [0.2, 0.25) is 0 Å². The van der Waals surface area contributed by atoms with Gasteiger partial charge in [-0.1, -0.05) is 47.7 Å². The average molecular weight is 485 g/mol. The Morgan fingerprint density at radius 2 is 1.76 bits per heavy atom. The summed E-state index contributed by atoms with van der Waals surface area (Å²) < 4.78 is 41.6. The van der Waals surface area contributed by atoms with Gasteiger partial charge in [0.05, 0.1) is 35.4 Å². The first-order valence-electron chi connectivity index (χ1n) is 10.4. The molecule has 4 aromatic rings. The third-order valence-corrected chi connectivity index (χ3v) is 7.47. The molecule has 1 heterocycles. The molecule has 0 radical (unpaired) electrons. The Morgan fingerprint density at radius 1 is 0.970 bits per heavy atom. The first-order chi connectivity index (χ1) is 15.9. The van der Waals surface area contributed by atoms with Gasteiger partial charge >= 0.3 is 4.87 Å². The van der Waals surface area contributed by atoms with Crippen LogP contribution in [-0.2, 0) is 23.1 Å². The minimum atomic E-state index is -3.78. The number of nitrogens with one attached hydrogen (secondary N) is 1. The number of methoxy groups -OCH3 is 1. The Kier molecular flexibility index (Phi) is 6.83. The number of ether oxygens (including phenoxy) is 2. The molecular weight excluding hydrogens is 460 g/mol. The lowest BCUT2D eigenvalue weighted by Crippen LogP contribution is -2.23. The van der Waals surface area contributed by atoms with E-state index in [0.29, 0.717) is 34.9 Å². The molecule has 0 saturated heterocycles. The van der Waals surface area contributed by atoms with Crippen LogP contribution < -0.4 is 19.1 Å². The maximum atomic E-state index is 12.9. The van der Waals surface area contributed by atoms with E-state index in [9.17, 15) is 13.2 Å². The fourth-order valence-corrected chi connectivity index (χ4v) is 5.54. The predicted molar refractivity (Wildman–Crippen MR) is 130 cm³/mol. The highest BCUT2D eigenvalue weighted by molar-refractivity contribution is 7.89. The molecule has 3 aromatic carbocycles. The molecule has 33 heavy (non-hydrogen) atoms. The van der Waals surface area contributed by atoms with Crippen molar-refractivity contribution in [1.29, 1.82) is 0 Å². The van der Waals surface area contributed by atoms with Crippen molar-refractivity contribution >= 4 is 31.6 Å². The van der Waals surface area contributed by atoms with Crippen molar-refractivity contribution in [2.75, 3.05) is 13.7 Å². The number of benzene rings is 3. The number of fused-ring (bicyclic) bond motifs is 1. The van der Waals surface area contributed by atoms with E-state index in [-0.39, 0.29) is 16.3 Å². The van der Waals surface area contributed by atoms with Gasteiger partial charge in [0, 0.05) is 6.54 Å². The standard InChI is InChI=1S/C24H24N2O5S2/c1-3-31-22-13-18(9-12-21(22)30-2)15-25-33(28,29)19-10-11-20-23(14-19)32-24(27)26(20)16-17-7-5-4-6-8-17/h4-14,25H,3,15-16H2,1-2H3. The van der Waals surface area contributed by atoms with Gasteiger partial charge < -0.3 is 9.47 Å². The highest BCUT2D eigenvalue weighted by Gasteiger charge is 2.17. The first kappa shape index (κ1) is 23.0. The van der Waals surface area contributed by atoms with Gasteiger partial charge in [0.25, 0.3) is 0 Å². The summed E-state index contributed by atoms with van der Waals surface area (Å²) in [4.78, 5) is 12.5. The quantitative estimate of drug-likeness (QED) is 0.388. The summed E-state index contributed by atoms with van der Waals surface area (Å²) in [6, 6.07) is 19.7. The van der Waals surface area contributed by atoms with Gasteiger partial charge in [-0.2, -0.15) is 0 Å². The number of hydrogen-bond acceptors (Lipinski definition) is 6. The molecule has 172 valence electrons. The van der Waals surface area contributed by atoms with Crippen molar-refractivity contribution < 1.29 is 17.9 Å². The van der Waals surface area contributed by atoms with Gasteiger partial charge in [-0.25, -0.2) is 13.1 Å². The summed E-state index contributed by atoms with van der Waals surface area (Å²) in [6.07, 6.45) is 0. The SMILES string of the molecule is CCOc1cc(CNS(=O)(=O)c2ccc3c(c2)sc(=O)n3Cc2ccccc2)ccc1OC. The molecule has 0 fully saturated rings. The third-order valence-electron chi connectivity index (χ3n) is 5.13. The zero-order valence-electron chi connectivity index (χ0n) is 18.3. The van der Waals surface area contributed by atoms with E-state index in [1.807, 2.05) is 37.3 Å². The van der Waals surface area contributed by atoms with Crippen molar-refractivity contribution in [2.24, 2.45) is 0 Å². The molecule has 0 amide bonds. The number of thiazole rings is 1. The minimum Gasteiger partial charge on any atom is -0.493 e. The lowest BCUT2D eigenvalue weighted by Gasteiger charge is -2.12. The van der Waals surface area contributed by atoms with Crippen molar-refractivity contribution in [1.82, 2.24) is 9.29 Å². The van der Waals surface area contributed by atoms with E-state index < -0.39 is 10.0 Å². The largest absolute Gasteiger partial charge is 0.493 e. The second-order valence-electron chi connectivity index (χ2n) is 7.31. The summed E-state index contributed by atoms with van der Waals surface area (Å²) in [5.41, 5.74) is 2.45. The highest BCUT2D eigenvalue weighted by Crippen LogP contribution is 2.28. The normalized spacial score (nSPS) is 11.6. The molecule has 0 saturated carbocycles. The van der Waals surface area contributed by atoms with Crippen LogP contribution in [0.5, 0.6) is 11.5 Å². The Hall–Kier alpha value is -3.14. The van der Waals surface area contributed by atoms with Crippen LogP contribution in [0.25, 0.3) is 10.2 Å². The lowest BCUT2D eigenvalue weighted by molar-refractivity contribution is 0.310. The molecule has 4 rings (SSSR count). The molecular formula is C24H24N2O5S2. The lowest BCUT2D eigenvalue weighted by atomic mass is 10.2. The molecule has 1 aromatic heterocycles. The molecule has 0 atom stereocenters. The maximum Gasteiger partial charge on any atom is 0.308 e. The Bertz CT molecular complexity index is 1430. The fourth-order valence-electron chi connectivity index (χ4n) is 3.49. The third kappa shape index (κ3) is 5.11. The monoisotopic (exact) mass is 484 g/mol.